The molecule has 1 aromatic rings. The van der Waals surface area contributed by atoms with Crippen molar-refractivity contribution in [1.29, 1.82) is 0 Å². The molecule has 0 saturated carbocycles. The van der Waals surface area contributed by atoms with Gasteiger partial charge in [-0.2, -0.15) is 0 Å². The predicted octanol–water partition coefficient (Wildman–Crippen LogP) is 1.05. The molecule has 1 aromatic heterocycles. The minimum atomic E-state index is 0.380. The van der Waals surface area contributed by atoms with Crippen molar-refractivity contribution in [3.05, 3.63) is 22.7 Å². The summed E-state index contributed by atoms with van der Waals surface area (Å²) >= 11 is 3.10. The van der Waals surface area contributed by atoms with E-state index in [2.05, 4.69) is 25.9 Å². The lowest BCUT2D eigenvalue weighted by atomic mass is 10.5. The van der Waals surface area contributed by atoms with Crippen molar-refractivity contribution in [1.82, 2.24) is 9.97 Å². The quantitative estimate of drug-likeness (QED) is 0.617. The SMILES string of the molecule is O=Cc1ncncc1Br. The van der Waals surface area contributed by atoms with E-state index < -0.39 is 0 Å². The van der Waals surface area contributed by atoms with Gasteiger partial charge < -0.3 is 0 Å². The Hall–Kier alpha value is -0.770. The topological polar surface area (TPSA) is 42.9 Å². The first kappa shape index (κ1) is 6.35. The van der Waals surface area contributed by atoms with Crippen molar-refractivity contribution >= 4 is 22.2 Å². The van der Waals surface area contributed by atoms with Crippen molar-refractivity contribution < 1.29 is 4.79 Å². The molecule has 0 radical (unpaired) electrons. The Labute approximate surface area is 60.3 Å². The van der Waals surface area contributed by atoms with Crippen LogP contribution >= 0.6 is 15.9 Å². The van der Waals surface area contributed by atoms with Crippen LogP contribution in [-0.2, 0) is 0 Å². The maximum atomic E-state index is 10.1. The average Bonchev–Trinajstić information content (AvgIpc) is 1.89. The lowest BCUT2D eigenvalue weighted by Crippen LogP contribution is -1.87. The van der Waals surface area contributed by atoms with Crippen LogP contribution in [-0.4, -0.2) is 16.3 Å². The number of nitrogens with zero attached hydrogens (tertiary/aromatic N) is 2. The fourth-order valence-corrected chi connectivity index (χ4v) is 0.723. The van der Waals surface area contributed by atoms with Crippen molar-refractivity contribution in [3.8, 4) is 0 Å². The molecule has 0 aliphatic heterocycles. The van der Waals surface area contributed by atoms with Gasteiger partial charge in [-0.3, -0.25) is 4.79 Å². The number of carbonyl (C=O) groups excluding carboxylic acids is 1. The highest BCUT2D eigenvalue weighted by molar-refractivity contribution is 9.10. The first-order valence-corrected chi connectivity index (χ1v) is 3.04. The predicted molar refractivity (Wildman–Crippen MR) is 35.1 cm³/mol. The molecule has 0 saturated heterocycles. The summed E-state index contributed by atoms with van der Waals surface area (Å²) in [6, 6.07) is 0. The second-order valence-corrected chi connectivity index (χ2v) is 2.23. The summed E-state index contributed by atoms with van der Waals surface area (Å²) < 4.78 is 0.625. The molecular formula is C5H3BrN2O. The van der Waals surface area contributed by atoms with E-state index >= 15 is 0 Å². The molecule has 0 amide bonds. The van der Waals surface area contributed by atoms with Crippen LogP contribution in [0.4, 0.5) is 0 Å². The molecule has 0 aliphatic rings. The molecule has 9 heavy (non-hydrogen) atoms. The minimum absolute atomic E-state index is 0.380. The van der Waals surface area contributed by atoms with Crippen molar-refractivity contribution in [2.45, 2.75) is 0 Å². The highest BCUT2D eigenvalue weighted by Crippen LogP contribution is 2.08. The smallest absolute Gasteiger partial charge is 0.169 e. The standard InChI is InChI=1S/C5H3BrN2O/c6-4-1-7-3-8-5(4)2-9/h1-3H. The third-order valence-corrected chi connectivity index (χ3v) is 1.42. The Bertz CT molecular complexity index is 226. The summed E-state index contributed by atoms with van der Waals surface area (Å²) in [6.45, 7) is 0. The summed E-state index contributed by atoms with van der Waals surface area (Å²) in [5.41, 5.74) is 0.380. The molecule has 0 spiro atoms. The maximum absolute atomic E-state index is 10.1. The first-order chi connectivity index (χ1) is 4.34. The van der Waals surface area contributed by atoms with Gasteiger partial charge in [-0.1, -0.05) is 0 Å². The van der Waals surface area contributed by atoms with Gasteiger partial charge >= 0.3 is 0 Å². The van der Waals surface area contributed by atoms with Crippen LogP contribution in [0.15, 0.2) is 17.0 Å². The Balaban J connectivity index is 3.15. The van der Waals surface area contributed by atoms with Crippen LogP contribution in [0.3, 0.4) is 0 Å². The van der Waals surface area contributed by atoms with Gasteiger partial charge in [-0.15, -0.1) is 0 Å². The number of hydrogen-bond acceptors (Lipinski definition) is 3. The molecule has 46 valence electrons. The van der Waals surface area contributed by atoms with Gasteiger partial charge in [-0.05, 0) is 15.9 Å². The molecule has 1 rings (SSSR count). The van der Waals surface area contributed by atoms with Gasteiger partial charge in [0, 0.05) is 6.20 Å². The molecule has 0 aliphatic carbocycles. The first-order valence-electron chi connectivity index (χ1n) is 2.25. The summed E-state index contributed by atoms with van der Waals surface area (Å²) in [6.07, 6.45) is 3.52. The van der Waals surface area contributed by atoms with E-state index in [4.69, 9.17) is 0 Å². The van der Waals surface area contributed by atoms with Gasteiger partial charge in [0.25, 0.3) is 0 Å². The highest BCUT2D eigenvalue weighted by atomic mass is 79.9. The number of halogens is 1. The van der Waals surface area contributed by atoms with Gasteiger partial charge in [0.05, 0.1) is 4.47 Å². The lowest BCUT2D eigenvalue weighted by Gasteiger charge is -1.88. The molecule has 0 aromatic carbocycles. The number of rotatable bonds is 1. The molecular weight excluding hydrogens is 184 g/mol. The van der Waals surface area contributed by atoms with Crippen LogP contribution < -0.4 is 0 Å². The zero-order valence-electron chi connectivity index (χ0n) is 4.41. The minimum Gasteiger partial charge on any atom is -0.296 e. The van der Waals surface area contributed by atoms with E-state index in [0.717, 1.165) is 0 Å². The normalized spacial score (nSPS) is 9.00. The molecule has 0 bridgehead atoms. The zero-order chi connectivity index (χ0) is 6.69. The monoisotopic (exact) mass is 186 g/mol. The lowest BCUT2D eigenvalue weighted by molar-refractivity contribution is 0.111. The Morgan fingerprint density at radius 3 is 2.89 bits per heavy atom. The third-order valence-electron chi connectivity index (χ3n) is 0.808. The van der Waals surface area contributed by atoms with E-state index in [1.165, 1.54) is 12.5 Å². The summed E-state index contributed by atoms with van der Waals surface area (Å²) in [5, 5.41) is 0. The Morgan fingerprint density at radius 1 is 1.67 bits per heavy atom. The summed E-state index contributed by atoms with van der Waals surface area (Å²) in [7, 11) is 0. The van der Waals surface area contributed by atoms with Crippen molar-refractivity contribution in [2.75, 3.05) is 0 Å². The fraction of sp³-hybridized carbons (Fsp3) is 0. The second kappa shape index (κ2) is 2.68. The van der Waals surface area contributed by atoms with Crippen LogP contribution in [0.25, 0.3) is 0 Å². The van der Waals surface area contributed by atoms with Crippen molar-refractivity contribution in [2.24, 2.45) is 0 Å². The molecule has 4 heteroatoms. The van der Waals surface area contributed by atoms with Crippen molar-refractivity contribution in [3.63, 3.8) is 0 Å². The third kappa shape index (κ3) is 1.32. The van der Waals surface area contributed by atoms with Gasteiger partial charge in [0.2, 0.25) is 0 Å². The van der Waals surface area contributed by atoms with E-state index in [-0.39, 0.29) is 0 Å². The number of aromatic nitrogens is 2. The van der Waals surface area contributed by atoms with Crippen LogP contribution in [0.5, 0.6) is 0 Å². The van der Waals surface area contributed by atoms with Gasteiger partial charge in [0.1, 0.15) is 12.0 Å². The number of hydrogen-bond donors (Lipinski definition) is 0. The Morgan fingerprint density at radius 2 is 2.44 bits per heavy atom. The molecule has 0 N–H and O–H groups in total. The van der Waals surface area contributed by atoms with Gasteiger partial charge in [-0.25, -0.2) is 9.97 Å². The molecule has 0 fully saturated rings. The highest BCUT2D eigenvalue weighted by Gasteiger charge is 1.95. The number of carbonyl (C=O) groups is 1. The summed E-state index contributed by atoms with van der Waals surface area (Å²) in [4.78, 5) is 17.5. The zero-order valence-corrected chi connectivity index (χ0v) is 6.00. The van der Waals surface area contributed by atoms with E-state index in [0.29, 0.717) is 16.5 Å². The molecule has 0 unspecified atom stereocenters. The van der Waals surface area contributed by atoms with Crippen LogP contribution in [0.1, 0.15) is 10.5 Å². The largest absolute Gasteiger partial charge is 0.296 e. The van der Waals surface area contributed by atoms with E-state index in [1.54, 1.807) is 0 Å². The number of aldehydes is 1. The molecule has 3 nitrogen and oxygen atoms in total. The molecule has 0 atom stereocenters. The van der Waals surface area contributed by atoms with Gasteiger partial charge in [0.15, 0.2) is 6.29 Å². The van der Waals surface area contributed by atoms with E-state index in [9.17, 15) is 4.79 Å². The average molecular weight is 187 g/mol. The molecule has 1 heterocycles. The Kier molecular flexibility index (Phi) is 1.89. The van der Waals surface area contributed by atoms with E-state index in [1.807, 2.05) is 0 Å². The fourth-order valence-electron chi connectivity index (χ4n) is 0.409. The van der Waals surface area contributed by atoms with Crippen LogP contribution in [0.2, 0.25) is 0 Å². The maximum Gasteiger partial charge on any atom is 0.169 e. The second-order valence-electron chi connectivity index (χ2n) is 1.37. The summed E-state index contributed by atoms with van der Waals surface area (Å²) in [5.74, 6) is 0. The van der Waals surface area contributed by atoms with Crippen LogP contribution in [0, 0.1) is 0 Å².